The van der Waals surface area contributed by atoms with Gasteiger partial charge in [0, 0.05) is 12.6 Å². The Morgan fingerprint density at radius 3 is 2.65 bits per heavy atom. The van der Waals surface area contributed by atoms with E-state index in [1.807, 2.05) is 69.3 Å². The summed E-state index contributed by atoms with van der Waals surface area (Å²) in [5.41, 5.74) is 2.47. The molecule has 1 aromatic carbocycles. The minimum absolute atomic E-state index is 0.131. The van der Waals surface area contributed by atoms with Crippen LogP contribution in [-0.2, 0) is 4.79 Å². The second-order valence-corrected chi connectivity index (χ2v) is 5.69. The molecule has 0 aliphatic heterocycles. The van der Waals surface area contributed by atoms with Gasteiger partial charge < -0.3 is 10.2 Å². The molecular formula is C17H23N5O. The first kappa shape index (κ1) is 16.9. The number of nitrogens with zero attached hydrogens (tertiary/aromatic N) is 4. The number of nitrogens with one attached hydrogen (secondary N) is 1. The van der Waals surface area contributed by atoms with E-state index in [2.05, 4.69) is 15.5 Å². The van der Waals surface area contributed by atoms with E-state index in [4.69, 9.17) is 0 Å². The molecule has 0 aliphatic carbocycles. The maximum absolute atomic E-state index is 11.9. The lowest BCUT2D eigenvalue weighted by Crippen LogP contribution is -2.26. The van der Waals surface area contributed by atoms with Gasteiger partial charge in [0.25, 0.3) is 0 Å². The number of carbonyl (C=O) groups excluding carboxylic acids is 1. The lowest BCUT2D eigenvalue weighted by atomic mass is 10.2. The van der Waals surface area contributed by atoms with Gasteiger partial charge in [-0.2, -0.15) is 15.0 Å². The number of aromatic nitrogens is 3. The maximum Gasteiger partial charge on any atom is 0.244 e. The molecule has 1 aromatic heterocycles. The van der Waals surface area contributed by atoms with E-state index in [1.165, 1.54) is 0 Å². The zero-order chi connectivity index (χ0) is 16.8. The quantitative estimate of drug-likeness (QED) is 0.827. The van der Waals surface area contributed by atoms with Crippen molar-refractivity contribution in [2.24, 2.45) is 0 Å². The topological polar surface area (TPSA) is 63.1 Å². The molecule has 0 fully saturated rings. The van der Waals surface area contributed by atoms with Crippen LogP contribution < -0.4 is 5.32 Å². The number of para-hydroxylation sites is 1. The summed E-state index contributed by atoms with van der Waals surface area (Å²) in [6.45, 7) is 4.53. The van der Waals surface area contributed by atoms with Crippen LogP contribution >= 0.6 is 0 Å². The molecule has 122 valence electrons. The Hall–Kier alpha value is -2.47. The van der Waals surface area contributed by atoms with Gasteiger partial charge in [-0.3, -0.25) is 4.79 Å². The van der Waals surface area contributed by atoms with Gasteiger partial charge in [0.05, 0.1) is 17.4 Å². The summed E-state index contributed by atoms with van der Waals surface area (Å²) in [5.74, 6) is -0.131. The summed E-state index contributed by atoms with van der Waals surface area (Å²) >= 11 is 0. The van der Waals surface area contributed by atoms with Gasteiger partial charge in [-0.05, 0) is 40.1 Å². The van der Waals surface area contributed by atoms with Crippen LogP contribution in [0, 0.1) is 6.92 Å². The molecule has 1 amide bonds. The molecule has 6 heteroatoms. The van der Waals surface area contributed by atoms with Crippen molar-refractivity contribution in [1.82, 2.24) is 25.2 Å². The number of amides is 1. The molecule has 0 bridgehead atoms. The van der Waals surface area contributed by atoms with Crippen LogP contribution in [-0.4, -0.2) is 46.4 Å². The highest BCUT2D eigenvalue weighted by Crippen LogP contribution is 2.15. The molecule has 0 saturated carbocycles. The standard InChI is InChI=1S/C17H23N5O/c1-13(18-16(23)11-8-12-21(3)4)17-14(2)19-22(20-17)15-9-6-5-7-10-15/h5-11,13H,12H2,1-4H3,(H,18,23)/b11-8+. The first-order valence-electron chi connectivity index (χ1n) is 7.58. The molecule has 2 rings (SSSR count). The Kier molecular flexibility index (Phi) is 5.65. The van der Waals surface area contributed by atoms with Crippen molar-refractivity contribution in [1.29, 1.82) is 0 Å². The minimum Gasteiger partial charge on any atom is -0.344 e. The Labute approximate surface area is 136 Å². The van der Waals surface area contributed by atoms with Gasteiger partial charge in [0.2, 0.25) is 5.91 Å². The van der Waals surface area contributed by atoms with E-state index in [9.17, 15) is 4.79 Å². The first-order valence-corrected chi connectivity index (χ1v) is 7.58. The number of likely N-dealkylation sites (N-methyl/N-ethyl adjacent to an activating group) is 1. The highest BCUT2D eigenvalue weighted by molar-refractivity contribution is 5.87. The third-order valence-corrected chi connectivity index (χ3v) is 3.31. The molecule has 1 unspecified atom stereocenters. The molecule has 0 radical (unpaired) electrons. The summed E-state index contributed by atoms with van der Waals surface area (Å²) in [7, 11) is 3.91. The third kappa shape index (κ3) is 4.75. The van der Waals surface area contributed by atoms with Crippen LogP contribution in [0.15, 0.2) is 42.5 Å². The third-order valence-electron chi connectivity index (χ3n) is 3.31. The SMILES string of the molecule is Cc1nn(-c2ccccc2)nc1C(C)NC(=O)/C=C/CN(C)C. The maximum atomic E-state index is 11.9. The lowest BCUT2D eigenvalue weighted by molar-refractivity contribution is -0.117. The van der Waals surface area contributed by atoms with Gasteiger partial charge in [-0.15, -0.1) is 0 Å². The fourth-order valence-corrected chi connectivity index (χ4v) is 2.17. The Morgan fingerprint density at radius 2 is 2.00 bits per heavy atom. The molecule has 1 N–H and O–H groups in total. The smallest absolute Gasteiger partial charge is 0.244 e. The van der Waals surface area contributed by atoms with E-state index in [1.54, 1.807) is 10.9 Å². The van der Waals surface area contributed by atoms with E-state index in [0.717, 1.165) is 23.6 Å². The predicted octanol–water partition coefficient (Wildman–Crippen LogP) is 1.87. The summed E-state index contributed by atoms with van der Waals surface area (Å²) in [6, 6.07) is 9.50. The molecule has 23 heavy (non-hydrogen) atoms. The van der Waals surface area contributed by atoms with Crippen LogP contribution in [0.5, 0.6) is 0 Å². The average Bonchev–Trinajstić information content (AvgIpc) is 2.90. The highest BCUT2D eigenvalue weighted by atomic mass is 16.1. The number of rotatable bonds is 6. The molecule has 2 aromatic rings. The van der Waals surface area contributed by atoms with Gasteiger partial charge in [-0.1, -0.05) is 24.3 Å². The summed E-state index contributed by atoms with van der Waals surface area (Å²) in [4.78, 5) is 15.5. The van der Waals surface area contributed by atoms with Crippen molar-refractivity contribution in [3.63, 3.8) is 0 Å². The number of aryl methyl sites for hydroxylation is 1. The largest absolute Gasteiger partial charge is 0.344 e. The van der Waals surface area contributed by atoms with Crippen molar-refractivity contribution < 1.29 is 4.79 Å². The van der Waals surface area contributed by atoms with Crippen molar-refractivity contribution >= 4 is 5.91 Å². The first-order chi connectivity index (χ1) is 11.0. The highest BCUT2D eigenvalue weighted by Gasteiger charge is 2.16. The van der Waals surface area contributed by atoms with E-state index in [0.29, 0.717) is 0 Å². The Morgan fingerprint density at radius 1 is 1.30 bits per heavy atom. The monoisotopic (exact) mass is 313 g/mol. The van der Waals surface area contributed by atoms with Crippen molar-refractivity contribution in [2.75, 3.05) is 20.6 Å². The molecule has 1 heterocycles. The normalized spacial score (nSPS) is 12.7. The fourth-order valence-electron chi connectivity index (χ4n) is 2.17. The van der Waals surface area contributed by atoms with Gasteiger partial charge in [0.15, 0.2) is 0 Å². The molecule has 0 saturated heterocycles. The summed E-state index contributed by atoms with van der Waals surface area (Å²) < 4.78 is 0. The number of benzene rings is 1. The van der Waals surface area contributed by atoms with Crippen molar-refractivity contribution in [3.05, 3.63) is 53.9 Å². The van der Waals surface area contributed by atoms with Crippen LogP contribution in [0.4, 0.5) is 0 Å². The zero-order valence-corrected chi connectivity index (χ0v) is 14.0. The average molecular weight is 313 g/mol. The molecule has 0 spiro atoms. The van der Waals surface area contributed by atoms with Gasteiger partial charge in [-0.25, -0.2) is 0 Å². The van der Waals surface area contributed by atoms with E-state index in [-0.39, 0.29) is 11.9 Å². The fraction of sp³-hybridized carbons (Fsp3) is 0.353. The van der Waals surface area contributed by atoms with E-state index >= 15 is 0 Å². The molecule has 0 aliphatic rings. The van der Waals surface area contributed by atoms with Crippen LogP contribution in [0.25, 0.3) is 5.69 Å². The second kappa shape index (κ2) is 7.69. The minimum atomic E-state index is -0.205. The molecule has 6 nitrogen and oxygen atoms in total. The lowest BCUT2D eigenvalue weighted by Gasteiger charge is -2.10. The van der Waals surface area contributed by atoms with Crippen molar-refractivity contribution in [2.45, 2.75) is 19.9 Å². The summed E-state index contributed by atoms with van der Waals surface area (Å²) in [5, 5.41) is 11.8. The number of hydrogen-bond acceptors (Lipinski definition) is 4. The molecule has 1 atom stereocenters. The molecular weight excluding hydrogens is 290 g/mol. The second-order valence-electron chi connectivity index (χ2n) is 5.69. The van der Waals surface area contributed by atoms with Crippen LogP contribution in [0.1, 0.15) is 24.4 Å². The predicted molar refractivity (Wildman–Crippen MR) is 90.3 cm³/mol. The van der Waals surface area contributed by atoms with Crippen LogP contribution in [0.2, 0.25) is 0 Å². The van der Waals surface area contributed by atoms with E-state index < -0.39 is 0 Å². The number of hydrogen-bond donors (Lipinski definition) is 1. The number of carbonyl (C=O) groups is 1. The summed E-state index contributed by atoms with van der Waals surface area (Å²) in [6.07, 6.45) is 3.38. The van der Waals surface area contributed by atoms with Gasteiger partial charge >= 0.3 is 0 Å². The van der Waals surface area contributed by atoms with Crippen LogP contribution in [0.3, 0.4) is 0 Å². The zero-order valence-electron chi connectivity index (χ0n) is 14.0. The van der Waals surface area contributed by atoms with Gasteiger partial charge in [0.1, 0.15) is 5.69 Å². The Bertz CT molecular complexity index is 676. The van der Waals surface area contributed by atoms with Crippen molar-refractivity contribution in [3.8, 4) is 5.69 Å². The Balaban J connectivity index is 2.05.